The Morgan fingerprint density at radius 1 is 1.31 bits per heavy atom. The molecule has 72 valence electrons. The van der Waals surface area contributed by atoms with E-state index in [9.17, 15) is 4.21 Å². The first-order valence-electron chi connectivity index (χ1n) is 3.57. The highest BCUT2D eigenvalue weighted by molar-refractivity contribution is 7.82. The molecule has 2 N–H and O–H groups in total. The Bertz CT molecular complexity index is 327. The maximum atomic E-state index is 11.0. The molecule has 1 rings (SSSR count). The Kier molecular flexibility index (Phi) is 3.27. The topological polar surface area (TPSA) is 61.5 Å². The summed E-state index contributed by atoms with van der Waals surface area (Å²) in [5, 5.41) is 5.23. The summed E-state index contributed by atoms with van der Waals surface area (Å²) >= 11 is 0. The lowest BCUT2D eigenvalue weighted by Gasteiger charge is -2.07. The summed E-state index contributed by atoms with van der Waals surface area (Å²) in [6.45, 7) is 0. The van der Waals surface area contributed by atoms with Gasteiger partial charge in [0.15, 0.2) is 0 Å². The fraction of sp³-hybridized carbons (Fsp3) is 0.250. The molecule has 0 saturated carbocycles. The van der Waals surface area contributed by atoms with Gasteiger partial charge in [-0.25, -0.2) is 9.35 Å². The van der Waals surface area contributed by atoms with Gasteiger partial charge >= 0.3 is 0 Å². The summed E-state index contributed by atoms with van der Waals surface area (Å²) in [5.41, 5.74) is 0. The number of nitrogens with two attached hydrogens (primary N) is 1. The molecule has 0 aliphatic carbocycles. The second-order valence-electron chi connectivity index (χ2n) is 2.31. The minimum Gasteiger partial charge on any atom is -0.497 e. The molecule has 1 aromatic carbocycles. The highest BCUT2D eigenvalue weighted by Gasteiger charge is 2.07. The van der Waals surface area contributed by atoms with E-state index in [-0.39, 0.29) is 0 Å². The summed E-state index contributed by atoms with van der Waals surface area (Å²) in [4.78, 5) is 0.461. The number of hydrogen-bond donors (Lipinski definition) is 1. The zero-order valence-electron chi connectivity index (χ0n) is 7.44. The molecule has 0 radical (unpaired) electrons. The van der Waals surface area contributed by atoms with Crippen LogP contribution in [0.3, 0.4) is 0 Å². The van der Waals surface area contributed by atoms with Crippen LogP contribution in [-0.2, 0) is 11.0 Å². The highest BCUT2D eigenvalue weighted by Crippen LogP contribution is 2.25. The third-order valence-corrected chi connectivity index (χ3v) is 2.36. The van der Waals surface area contributed by atoms with Crippen molar-refractivity contribution in [2.24, 2.45) is 5.14 Å². The largest absolute Gasteiger partial charge is 0.497 e. The van der Waals surface area contributed by atoms with Gasteiger partial charge in [-0.05, 0) is 12.1 Å². The van der Waals surface area contributed by atoms with Crippen molar-refractivity contribution in [3.8, 4) is 11.5 Å². The number of rotatable bonds is 3. The van der Waals surface area contributed by atoms with Gasteiger partial charge in [0, 0.05) is 6.07 Å². The van der Waals surface area contributed by atoms with Gasteiger partial charge in [-0.15, -0.1) is 0 Å². The van der Waals surface area contributed by atoms with Gasteiger partial charge in [-0.3, -0.25) is 0 Å². The predicted octanol–water partition coefficient (Wildman–Crippen LogP) is 0.685. The standard InChI is InChI=1S/C8H11NO3S/c1-11-6-3-4-8(13(9)10)7(5-6)12-2/h3-5H,9H2,1-2H3. The number of benzene rings is 1. The molecule has 0 amide bonds. The van der Waals surface area contributed by atoms with Crippen LogP contribution in [0.5, 0.6) is 11.5 Å². The van der Waals surface area contributed by atoms with Crippen LogP contribution in [0.2, 0.25) is 0 Å². The summed E-state index contributed by atoms with van der Waals surface area (Å²) in [6, 6.07) is 4.94. The smallest absolute Gasteiger partial charge is 0.140 e. The molecule has 0 saturated heterocycles. The van der Waals surface area contributed by atoms with E-state index >= 15 is 0 Å². The lowest BCUT2D eigenvalue weighted by atomic mass is 10.3. The molecule has 1 aromatic rings. The number of hydrogen-bond acceptors (Lipinski definition) is 3. The van der Waals surface area contributed by atoms with E-state index < -0.39 is 11.0 Å². The first-order chi connectivity index (χ1) is 6.19. The van der Waals surface area contributed by atoms with Crippen molar-refractivity contribution in [1.29, 1.82) is 0 Å². The number of ether oxygens (including phenoxy) is 2. The molecular weight excluding hydrogens is 190 g/mol. The number of methoxy groups -OCH3 is 2. The molecule has 1 atom stereocenters. The SMILES string of the molecule is COc1ccc(S(N)=O)c(OC)c1. The van der Waals surface area contributed by atoms with Crippen molar-refractivity contribution in [3.63, 3.8) is 0 Å². The van der Waals surface area contributed by atoms with E-state index in [1.807, 2.05) is 0 Å². The molecule has 0 spiro atoms. The Balaban J connectivity index is 3.15. The monoisotopic (exact) mass is 201 g/mol. The van der Waals surface area contributed by atoms with Crippen LogP contribution in [0.4, 0.5) is 0 Å². The minimum absolute atomic E-state index is 0.461. The van der Waals surface area contributed by atoms with Crippen molar-refractivity contribution < 1.29 is 13.7 Å². The van der Waals surface area contributed by atoms with E-state index in [1.54, 1.807) is 25.3 Å². The first kappa shape index (κ1) is 10.0. The van der Waals surface area contributed by atoms with Gasteiger partial charge in [0.25, 0.3) is 0 Å². The quantitative estimate of drug-likeness (QED) is 0.782. The van der Waals surface area contributed by atoms with E-state index in [1.165, 1.54) is 7.11 Å². The van der Waals surface area contributed by atoms with Crippen molar-refractivity contribution in [2.45, 2.75) is 4.90 Å². The Labute approximate surface area is 79.2 Å². The molecule has 0 heterocycles. The zero-order chi connectivity index (χ0) is 9.84. The van der Waals surface area contributed by atoms with Gasteiger partial charge in [0.05, 0.1) is 19.1 Å². The van der Waals surface area contributed by atoms with Gasteiger partial charge < -0.3 is 9.47 Å². The normalized spacial score (nSPS) is 12.2. The van der Waals surface area contributed by atoms with Gasteiger partial charge in [0.1, 0.15) is 22.5 Å². The summed E-state index contributed by atoms with van der Waals surface area (Å²) in [7, 11) is 1.51. The van der Waals surface area contributed by atoms with Crippen molar-refractivity contribution in [1.82, 2.24) is 0 Å². The molecule has 1 unspecified atom stereocenters. The molecule has 0 aromatic heterocycles. The molecule has 4 nitrogen and oxygen atoms in total. The summed E-state index contributed by atoms with van der Waals surface area (Å²) < 4.78 is 21.0. The summed E-state index contributed by atoms with van der Waals surface area (Å²) in [6.07, 6.45) is 0. The van der Waals surface area contributed by atoms with Crippen LogP contribution in [0, 0.1) is 0 Å². The third kappa shape index (κ3) is 2.19. The molecule has 0 aliphatic rings. The molecule has 13 heavy (non-hydrogen) atoms. The fourth-order valence-corrected chi connectivity index (χ4v) is 1.48. The third-order valence-electron chi connectivity index (χ3n) is 1.59. The second-order valence-corrected chi connectivity index (χ2v) is 3.35. The van der Waals surface area contributed by atoms with Crippen molar-refractivity contribution in [3.05, 3.63) is 18.2 Å². The molecular formula is C8H11NO3S. The van der Waals surface area contributed by atoms with Crippen LogP contribution in [0.1, 0.15) is 0 Å². The maximum absolute atomic E-state index is 11.0. The van der Waals surface area contributed by atoms with Crippen LogP contribution < -0.4 is 14.6 Å². The van der Waals surface area contributed by atoms with Crippen molar-refractivity contribution in [2.75, 3.05) is 14.2 Å². The fourth-order valence-electron chi connectivity index (χ4n) is 0.941. The molecule has 0 fully saturated rings. The first-order valence-corrected chi connectivity index (χ1v) is 4.78. The Morgan fingerprint density at radius 2 is 2.00 bits per heavy atom. The van der Waals surface area contributed by atoms with Crippen LogP contribution in [0.15, 0.2) is 23.1 Å². The van der Waals surface area contributed by atoms with Gasteiger partial charge in [-0.2, -0.15) is 0 Å². The van der Waals surface area contributed by atoms with Crippen molar-refractivity contribution >= 4 is 11.0 Å². The van der Waals surface area contributed by atoms with E-state index in [2.05, 4.69) is 0 Å². The highest BCUT2D eigenvalue weighted by atomic mass is 32.2. The molecule has 0 bridgehead atoms. The summed E-state index contributed by atoms with van der Waals surface area (Å²) in [5.74, 6) is 1.12. The van der Waals surface area contributed by atoms with E-state index in [4.69, 9.17) is 14.6 Å². The van der Waals surface area contributed by atoms with Gasteiger partial charge in [-0.1, -0.05) is 0 Å². The van der Waals surface area contributed by atoms with E-state index in [0.29, 0.717) is 16.4 Å². The van der Waals surface area contributed by atoms with Crippen LogP contribution in [-0.4, -0.2) is 18.4 Å². The second kappa shape index (κ2) is 4.25. The van der Waals surface area contributed by atoms with Gasteiger partial charge in [0.2, 0.25) is 0 Å². The van der Waals surface area contributed by atoms with E-state index in [0.717, 1.165) is 0 Å². The minimum atomic E-state index is -1.53. The van der Waals surface area contributed by atoms with Crippen LogP contribution >= 0.6 is 0 Å². The average Bonchev–Trinajstić information content (AvgIpc) is 2.16. The Hall–Kier alpha value is -1.07. The lowest BCUT2D eigenvalue weighted by Crippen LogP contribution is -2.04. The lowest BCUT2D eigenvalue weighted by molar-refractivity contribution is 0.387. The zero-order valence-corrected chi connectivity index (χ0v) is 8.26. The Morgan fingerprint density at radius 3 is 2.46 bits per heavy atom. The average molecular weight is 201 g/mol. The maximum Gasteiger partial charge on any atom is 0.140 e. The molecule has 0 aliphatic heterocycles. The predicted molar refractivity (Wildman–Crippen MR) is 50.1 cm³/mol. The molecule has 5 heteroatoms. The van der Waals surface area contributed by atoms with Crippen LogP contribution in [0.25, 0.3) is 0 Å².